The zero-order valence-corrected chi connectivity index (χ0v) is 17.1. The van der Waals surface area contributed by atoms with Gasteiger partial charge in [-0.05, 0) is 17.8 Å². The minimum atomic E-state index is -0.977. The van der Waals surface area contributed by atoms with Crippen LogP contribution >= 0.6 is 0 Å². The van der Waals surface area contributed by atoms with E-state index < -0.39 is 24.3 Å². The van der Waals surface area contributed by atoms with Gasteiger partial charge in [0.05, 0.1) is 12.3 Å². The molecule has 0 spiro atoms. The maximum absolute atomic E-state index is 12.1. The second-order valence-electron chi connectivity index (χ2n) is 7.59. The van der Waals surface area contributed by atoms with Gasteiger partial charge in [0.2, 0.25) is 0 Å². The lowest BCUT2D eigenvalue weighted by Crippen LogP contribution is -2.39. The molecule has 26 heavy (non-hydrogen) atoms. The van der Waals surface area contributed by atoms with Crippen LogP contribution < -0.4 is 5.32 Å². The lowest BCUT2D eigenvalue weighted by Gasteiger charge is -2.28. The summed E-state index contributed by atoms with van der Waals surface area (Å²) in [6, 6.07) is 0. The highest BCUT2D eigenvalue weighted by Gasteiger charge is 2.27. The van der Waals surface area contributed by atoms with Crippen molar-refractivity contribution in [3.8, 4) is 0 Å². The van der Waals surface area contributed by atoms with Crippen molar-refractivity contribution in [3.63, 3.8) is 0 Å². The molecule has 7 heteroatoms. The van der Waals surface area contributed by atoms with E-state index in [4.69, 9.17) is 14.6 Å². The average molecular weight is 373 g/mol. The van der Waals surface area contributed by atoms with Crippen molar-refractivity contribution < 1.29 is 29.0 Å². The zero-order valence-electron chi connectivity index (χ0n) is 17.1. The summed E-state index contributed by atoms with van der Waals surface area (Å²) in [5, 5.41) is 11.7. The van der Waals surface area contributed by atoms with Crippen molar-refractivity contribution in [2.75, 3.05) is 6.54 Å². The van der Waals surface area contributed by atoms with Crippen LogP contribution in [0.4, 0.5) is 4.79 Å². The van der Waals surface area contributed by atoms with Crippen LogP contribution in [0.5, 0.6) is 0 Å². The van der Waals surface area contributed by atoms with E-state index in [2.05, 4.69) is 19.2 Å². The SMILES string of the molecule is CC[C@@H](C)[C@@H](C)[C@H](CNC(=O)O[C@@H](OC(=O)C(C)C)C(C)C)CC(=O)O. The number of esters is 1. The van der Waals surface area contributed by atoms with E-state index in [9.17, 15) is 14.4 Å². The van der Waals surface area contributed by atoms with E-state index in [0.29, 0.717) is 5.92 Å². The van der Waals surface area contributed by atoms with Gasteiger partial charge in [0.15, 0.2) is 0 Å². The number of carbonyl (C=O) groups is 3. The predicted octanol–water partition coefficient (Wildman–Crippen LogP) is 3.67. The second kappa shape index (κ2) is 11.8. The van der Waals surface area contributed by atoms with Crippen molar-refractivity contribution >= 4 is 18.0 Å². The molecule has 0 fully saturated rings. The fourth-order valence-corrected chi connectivity index (χ4v) is 2.41. The first-order valence-electron chi connectivity index (χ1n) is 9.36. The number of carboxylic acid groups (broad SMARTS) is 1. The van der Waals surface area contributed by atoms with Crippen LogP contribution in [0.15, 0.2) is 0 Å². The number of nitrogens with one attached hydrogen (secondary N) is 1. The first kappa shape index (κ1) is 24.2. The Bertz CT molecular complexity index is 463. The number of hydrogen-bond acceptors (Lipinski definition) is 5. The summed E-state index contributed by atoms with van der Waals surface area (Å²) < 4.78 is 10.4. The molecule has 0 aliphatic rings. The molecule has 152 valence electrons. The molecule has 0 saturated heterocycles. The van der Waals surface area contributed by atoms with Gasteiger partial charge in [-0.1, -0.05) is 54.9 Å². The molecule has 0 aromatic carbocycles. The summed E-state index contributed by atoms with van der Waals surface area (Å²) in [5.74, 6) is -1.58. The highest BCUT2D eigenvalue weighted by atomic mass is 16.7. The summed E-state index contributed by atoms with van der Waals surface area (Å²) in [6.45, 7) is 13.3. The van der Waals surface area contributed by atoms with Gasteiger partial charge in [0, 0.05) is 12.5 Å². The van der Waals surface area contributed by atoms with Gasteiger partial charge in [-0.3, -0.25) is 9.59 Å². The van der Waals surface area contributed by atoms with Gasteiger partial charge in [-0.15, -0.1) is 0 Å². The summed E-state index contributed by atoms with van der Waals surface area (Å²) in [4.78, 5) is 34.9. The van der Waals surface area contributed by atoms with Crippen molar-refractivity contribution in [3.05, 3.63) is 0 Å². The maximum Gasteiger partial charge on any atom is 0.410 e. The van der Waals surface area contributed by atoms with Gasteiger partial charge in [0.25, 0.3) is 6.29 Å². The van der Waals surface area contributed by atoms with E-state index in [0.717, 1.165) is 6.42 Å². The molecule has 0 rings (SSSR count). The van der Waals surface area contributed by atoms with Crippen molar-refractivity contribution in [1.82, 2.24) is 5.32 Å². The predicted molar refractivity (Wildman–Crippen MR) is 98.4 cm³/mol. The number of carboxylic acids is 1. The minimum Gasteiger partial charge on any atom is -0.481 e. The lowest BCUT2D eigenvalue weighted by atomic mass is 9.81. The van der Waals surface area contributed by atoms with Crippen molar-refractivity contribution in [1.29, 1.82) is 0 Å². The summed E-state index contributed by atoms with van der Waals surface area (Å²) in [6.07, 6.45) is -0.786. The Hall–Kier alpha value is -1.79. The molecule has 7 nitrogen and oxygen atoms in total. The van der Waals surface area contributed by atoms with Crippen LogP contribution in [0.2, 0.25) is 0 Å². The quantitative estimate of drug-likeness (QED) is 0.423. The van der Waals surface area contributed by atoms with Gasteiger partial charge >= 0.3 is 18.0 Å². The zero-order chi connectivity index (χ0) is 20.4. The van der Waals surface area contributed by atoms with Crippen LogP contribution in [0.25, 0.3) is 0 Å². The third-order valence-corrected chi connectivity index (χ3v) is 4.70. The van der Waals surface area contributed by atoms with Crippen LogP contribution in [0.1, 0.15) is 61.3 Å². The Balaban J connectivity index is 4.77. The Morgan fingerprint density at radius 3 is 2.00 bits per heavy atom. The standard InChI is InChI=1S/C19H35NO6/c1-8-13(6)14(7)15(9-16(21)22)10-20-19(24)26-18(12(4)5)25-17(23)11(2)3/h11-15,18H,8-10H2,1-7H3,(H,20,24)(H,21,22)/t13-,14-,15+,18-/m1/s1. The molecule has 1 amide bonds. The molecule has 4 atom stereocenters. The second-order valence-corrected chi connectivity index (χ2v) is 7.59. The van der Waals surface area contributed by atoms with Crippen LogP contribution in [0.3, 0.4) is 0 Å². The Kier molecular flexibility index (Phi) is 10.9. The van der Waals surface area contributed by atoms with E-state index in [1.165, 1.54) is 0 Å². The number of amides is 1. The normalized spacial score (nSPS) is 15.9. The third-order valence-electron chi connectivity index (χ3n) is 4.70. The van der Waals surface area contributed by atoms with E-state index in [1.54, 1.807) is 27.7 Å². The largest absolute Gasteiger partial charge is 0.481 e. The minimum absolute atomic E-state index is 0.0261. The molecule has 0 radical (unpaired) electrons. The lowest BCUT2D eigenvalue weighted by molar-refractivity contribution is -0.178. The topological polar surface area (TPSA) is 102 Å². The number of ether oxygens (including phenoxy) is 2. The maximum atomic E-state index is 12.1. The smallest absolute Gasteiger partial charge is 0.410 e. The molecule has 2 N–H and O–H groups in total. The number of carbonyl (C=O) groups excluding carboxylic acids is 2. The van der Waals surface area contributed by atoms with Gasteiger partial charge in [-0.25, -0.2) is 4.79 Å². The number of aliphatic carboxylic acids is 1. The molecule has 0 unspecified atom stereocenters. The van der Waals surface area contributed by atoms with Crippen molar-refractivity contribution in [2.45, 2.75) is 67.6 Å². The Morgan fingerprint density at radius 1 is 1.00 bits per heavy atom. The van der Waals surface area contributed by atoms with Gasteiger partial charge < -0.3 is 19.9 Å². The van der Waals surface area contributed by atoms with Crippen molar-refractivity contribution in [2.24, 2.45) is 29.6 Å². The molecule has 0 aromatic heterocycles. The monoisotopic (exact) mass is 373 g/mol. The molecule has 0 aliphatic carbocycles. The van der Waals surface area contributed by atoms with E-state index >= 15 is 0 Å². The molecular weight excluding hydrogens is 338 g/mol. The first-order valence-corrected chi connectivity index (χ1v) is 9.36. The molecule has 0 aromatic rings. The average Bonchev–Trinajstić information content (AvgIpc) is 2.55. The number of hydrogen-bond donors (Lipinski definition) is 2. The molecular formula is C19H35NO6. The summed E-state index contributed by atoms with van der Waals surface area (Å²) in [7, 11) is 0. The summed E-state index contributed by atoms with van der Waals surface area (Å²) >= 11 is 0. The van der Waals surface area contributed by atoms with Crippen LogP contribution in [0, 0.1) is 29.6 Å². The van der Waals surface area contributed by atoms with E-state index in [-0.39, 0.29) is 36.6 Å². The van der Waals surface area contributed by atoms with Crippen LogP contribution in [-0.2, 0) is 19.1 Å². The fraction of sp³-hybridized carbons (Fsp3) is 0.842. The van der Waals surface area contributed by atoms with E-state index in [1.807, 2.05) is 6.92 Å². The fourth-order valence-electron chi connectivity index (χ4n) is 2.41. The molecule has 0 saturated carbocycles. The Labute approximate surface area is 156 Å². The van der Waals surface area contributed by atoms with Gasteiger partial charge in [-0.2, -0.15) is 0 Å². The van der Waals surface area contributed by atoms with Crippen LogP contribution in [-0.4, -0.2) is 36.0 Å². The highest BCUT2D eigenvalue weighted by molar-refractivity contribution is 5.72. The molecule has 0 bridgehead atoms. The Morgan fingerprint density at radius 2 is 1.58 bits per heavy atom. The first-order chi connectivity index (χ1) is 12.0. The third kappa shape index (κ3) is 9.06. The summed E-state index contributed by atoms with van der Waals surface area (Å²) in [5.41, 5.74) is 0. The molecule has 0 heterocycles. The number of alkyl carbamates (subject to hydrolysis) is 1. The molecule has 0 aliphatic heterocycles. The van der Waals surface area contributed by atoms with Gasteiger partial charge in [0.1, 0.15) is 0 Å². The highest BCUT2D eigenvalue weighted by Crippen LogP contribution is 2.25. The number of rotatable bonds is 11.